The molecular weight excluding hydrogens is 608 g/mol. The second kappa shape index (κ2) is 12.6. The number of likely N-dealkylation sites (tertiary alicyclic amines) is 2. The fourth-order valence-electron chi connectivity index (χ4n) is 8.34. The van der Waals surface area contributed by atoms with Gasteiger partial charge in [-0.2, -0.15) is 0 Å². The normalized spacial score (nSPS) is 21.3. The van der Waals surface area contributed by atoms with Crippen LogP contribution in [0.1, 0.15) is 73.2 Å². The molecule has 2 amide bonds. The van der Waals surface area contributed by atoms with Gasteiger partial charge in [0.2, 0.25) is 0 Å². The number of carbonyl (C=O) groups is 3. The standard InChI is InChI=1S/C38H40N4O6/c1-24-20-39-30(23-43)29(34(24)44)22-41-31-17-27-21-42(35(45)26-13-7-4-8-14-26)38(37(47)48-2,19-25-11-5-3-6-12-25)33(27)28(31)18-32(41)36(46)40-15-9-10-16-40/h3-8,11-14,18,20,27,33,43H,9-10,15-17,19,21-23H2,1-2H3,(H,39,44)/t27-,33+,38+/m0/s1. The lowest BCUT2D eigenvalue weighted by molar-refractivity contribution is -0.153. The molecule has 2 saturated heterocycles. The molecule has 0 unspecified atom stereocenters. The number of carbonyl (C=O) groups excluding carboxylic acids is 3. The van der Waals surface area contributed by atoms with E-state index in [9.17, 15) is 24.3 Å². The fourth-order valence-corrected chi connectivity index (χ4v) is 8.34. The Morgan fingerprint density at radius 2 is 1.69 bits per heavy atom. The van der Waals surface area contributed by atoms with Crippen molar-refractivity contribution in [3.8, 4) is 0 Å². The van der Waals surface area contributed by atoms with Crippen LogP contribution in [0.3, 0.4) is 0 Å². The molecule has 2 aliphatic heterocycles. The first kappa shape index (κ1) is 31.6. The van der Waals surface area contributed by atoms with Crippen molar-refractivity contribution in [3.05, 3.63) is 128 Å². The third-order valence-corrected chi connectivity index (χ3v) is 10.6. The highest BCUT2D eigenvalue weighted by atomic mass is 16.5. The van der Waals surface area contributed by atoms with Crippen LogP contribution < -0.4 is 5.43 Å². The molecule has 2 fully saturated rings. The van der Waals surface area contributed by atoms with E-state index in [0.29, 0.717) is 54.1 Å². The monoisotopic (exact) mass is 648 g/mol. The Bertz CT molecular complexity index is 1930. The molecule has 0 radical (unpaired) electrons. The maximum Gasteiger partial charge on any atom is 0.332 e. The number of pyridine rings is 1. The Kier molecular flexibility index (Phi) is 8.29. The van der Waals surface area contributed by atoms with Gasteiger partial charge in [-0.25, -0.2) is 4.79 Å². The number of nitrogens with one attached hydrogen (secondary N) is 1. The lowest BCUT2D eigenvalue weighted by atomic mass is 9.75. The summed E-state index contributed by atoms with van der Waals surface area (Å²) in [5.74, 6) is -1.49. The Hall–Kier alpha value is -4.96. The minimum absolute atomic E-state index is 0.0904. The van der Waals surface area contributed by atoms with E-state index in [1.165, 1.54) is 7.11 Å². The van der Waals surface area contributed by atoms with Gasteiger partial charge in [0, 0.05) is 66.2 Å². The summed E-state index contributed by atoms with van der Waals surface area (Å²) in [6, 6.07) is 20.5. The minimum Gasteiger partial charge on any atom is -0.467 e. The van der Waals surface area contributed by atoms with Crippen molar-refractivity contribution in [2.24, 2.45) is 5.92 Å². The molecule has 10 heteroatoms. The van der Waals surface area contributed by atoms with Crippen LogP contribution in [0.15, 0.2) is 77.7 Å². The van der Waals surface area contributed by atoms with Gasteiger partial charge in [-0.3, -0.25) is 14.4 Å². The molecule has 3 atom stereocenters. The second-order valence-corrected chi connectivity index (χ2v) is 13.2. The van der Waals surface area contributed by atoms with Gasteiger partial charge in [0.1, 0.15) is 5.69 Å². The molecule has 2 aromatic carbocycles. The first-order valence-electron chi connectivity index (χ1n) is 16.6. The molecule has 248 valence electrons. The number of hydrogen-bond acceptors (Lipinski definition) is 6. The number of hydrogen-bond donors (Lipinski definition) is 2. The zero-order valence-electron chi connectivity index (χ0n) is 27.3. The van der Waals surface area contributed by atoms with Crippen LogP contribution in [-0.4, -0.2) is 74.5 Å². The lowest BCUT2D eigenvalue weighted by Gasteiger charge is -2.40. The van der Waals surface area contributed by atoms with Crippen molar-refractivity contribution in [1.82, 2.24) is 19.4 Å². The summed E-state index contributed by atoms with van der Waals surface area (Å²) in [6.45, 7) is 3.07. The summed E-state index contributed by atoms with van der Waals surface area (Å²) in [7, 11) is 1.36. The third-order valence-electron chi connectivity index (χ3n) is 10.6. The Balaban J connectivity index is 1.42. The second-order valence-electron chi connectivity index (χ2n) is 13.2. The molecule has 0 saturated carbocycles. The highest BCUT2D eigenvalue weighted by Gasteiger charge is 2.64. The summed E-state index contributed by atoms with van der Waals surface area (Å²) >= 11 is 0. The summed E-state index contributed by atoms with van der Waals surface area (Å²) in [5.41, 5.74) is 3.22. The van der Waals surface area contributed by atoms with Gasteiger partial charge in [-0.05, 0) is 61.4 Å². The van der Waals surface area contributed by atoms with E-state index in [-0.39, 0.29) is 42.7 Å². The number of aliphatic hydroxyl groups excluding tert-OH is 1. The number of amides is 2. The summed E-state index contributed by atoms with van der Waals surface area (Å²) in [6.07, 6.45) is 4.15. The molecule has 4 heterocycles. The van der Waals surface area contributed by atoms with Gasteiger partial charge in [0.05, 0.1) is 20.3 Å². The average Bonchev–Trinajstić information content (AvgIpc) is 3.90. The van der Waals surface area contributed by atoms with Crippen molar-refractivity contribution in [3.63, 3.8) is 0 Å². The molecule has 4 aromatic rings. The number of benzene rings is 2. The van der Waals surface area contributed by atoms with Crippen molar-refractivity contribution in [2.45, 2.75) is 57.2 Å². The highest BCUT2D eigenvalue weighted by Crippen LogP contribution is 2.55. The van der Waals surface area contributed by atoms with E-state index in [1.807, 2.05) is 64.1 Å². The number of nitrogens with zero attached hydrogens (tertiary/aromatic N) is 3. The van der Waals surface area contributed by atoms with Crippen molar-refractivity contribution in [1.29, 1.82) is 0 Å². The number of esters is 1. The van der Waals surface area contributed by atoms with Crippen molar-refractivity contribution in [2.75, 3.05) is 26.7 Å². The third kappa shape index (κ3) is 5.06. The maximum atomic E-state index is 14.4. The predicted molar refractivity (Wildman–Crippen MR) is 179 cm³/mol. The summed E-state index contributed by atoms with van der Waals surface area (Å²) < 4.78 is 7.50. The van der Waals surface area contributed by atoms with Crippen molar-refractivity contribution >= 4 is 17.8 Å². The number of methoxy groups -OCH3 is 1. The van der Waals surface area contributed by atoms with E-state index < -0.39 is 17.4 Å². The quantitative estimate of drug-likeness (QED) is 0.280. The minimum atomic E-state index is -1.39. The van der Waals surface area contributed by atoms with Crippen LogP contribution in [0.25, 0.3) is 0 Å². The van der Waals surface area contributed by atoms with Crippen LogP contribution in [-0.2, 0) is 35.5 Å². The van der Waals surface area contributed by atoms with Gasteiger partial charge >= 0.3 is 5.97 Å². The van der Waals surface area contributed by atoms with Crippen LogP contribution in [0, 0.1) is 12.8 Å². The fraction of sp³-hybridized carbons (Fsp3) is 0.368. The lowest BCUT2D eigenvalue weighted by Crippen LogP contribution is -2.58. The number of aromatic amines is 1. The van der Waals surface area contributed by atoms with Gasteiger partial charge in [0.25, 0.3) is 11.8 Å². The molecule has 2 aromatic heterocycles. The van der Waals surface area contributed by atoms with E-state index in [4.69, 9.17) is 4.74 Å². The average molecular weight is 649 g/mol. The van der Waals surface area contributed by atoms with Crippen molar-refractivity contribution < 1.29 is 24.2 Å². The van der Waals surface area contributed by atoms with Crippen LogP contribution >= 0.6 is 0 Å². The zero-order chi connectivity index (χ0) is 33.6. The van der Waals surface area contributed by atoms with Gasteiger partial charge < -0.3 is 29.2 Å². The SMILES string of the molecule is COC(=O)[C@@]1(Cc2ccccc2)[C@H]2c3cc(C(=O)N4CCCC4)n(Cc4c(CO)[nH]cc(C)c4=O)c3C[C@H]2CN1C(=O)c1ccccc1. The van der Waals surface area contributed by atoms with E-state index >= 15 is 0 Å². The van der Waals surface area contributed by atoms with Gasteiger partial charge in [-0.15, -0.1) is 0 Å². The van der Waals surface area contributed by atoms with E-state index in [0.717, 1.165) is 29.7 Å². The number of fused-ring (bicyclic) bond motifs is 3. The van der Waals surface area contributed by atoms with Crippen LogP contribution in [0.2, 0.25) is 0 Å². The smallest absolute Gasteiger partial charge is 0.332 e. The first-order valence-corrected chi connectivity index (χ1v) is 16.6. The maximum absolute atomic E-state index is 14.4. The Labute approximate surface area is 279 Å². The molecule has 10 nitrogen and oxygen atoms in total. The first-order chi connectivity index (χ1) is 23.3. The van der Waals surface area contributed by atoms with Crippen LogP contribution in [0.5, 0.6) is 0 Å². The number of ether oxygens (including phenoxy) is 1. The number of aryl methyl sites for hydroxylation is 1. The van der Waals surface area contributed by atoms with Gasteiger partial charge in [-0.1, -0.05) is 48.5 Å². The van der Waals surface area contributed by atoms with Gasteiger partial charge in [0.15, 0.2) is 11.0 Å². The molecule has 0 spiro atoms. The topological polar surface area (TPSA) is 125 Å². The number of H-pyrrole nitrogens is 1. The number of aromatic nitrogens is 2. The summed E-state index contributed by atoms with van der Waals surface area (Å²) in [5, 5.41) is 10.2. The zero-order valence-corrected chi connectivity index (χ0v) is 27.3. The molecule has 1 aliphatic carbocycles. The molecule has 48 heavy (non-hydrogen) atoms. The number of rotatable bonds is 8. The predicted octanol–water partition coefficient (Wildman–Crippen LogP) is 3.83. The largest absolute Gasteiger partial charge is 0.467 e. The number of aliphatic hydroxyl groups is 1. The molecule has 3 aliphatic rings. The van der Waals surface area contributed by atoms with Crippen LogP contribution in [0.4, 0.5) is 0 Å². The molecular formula is C38H40N4O6. The van der Waals surface area contributed by atoms with E-state index in [1.54, 1.807) is 30.2 Å². The Morgan fingerprint density at radius 3 is 2.35 bits per heavy atom. The van der Waals surface area contributed by atoms with E-state index in [2.05, 4.69) is 4.98 Å². The summed E-state index contributed by atoms with van der Waals surface area (Å²) in [4.78, 5) is 62.9. The Morgan fingerprint density at radius 1 is 1.00 bits per heavy atom. The molecule has 2 N–H and O–H groups in total. The molecule has 0 bridgehead atoms. The molecule has 7 rings (SSSR count). The highest BCUT2D eigenvalue weighted by molar-refractivity contribution is 6.00.